The number of phenolic OH excluding ortho intramolecular Hbond substituents is 2. The molecule has 0 bridgehead atoms. The maximum absolute atomic E-state index is 13.2. The quantitative estimate of drug-likeness (QED) is 0.433. The number of hydrogen-bond donors (Lipinski definition) is 3. The van der Waals surface area contributed by atoms with Crippen molar-refractivity contribution >= 4 is 60.7 Å². The molecular weight excluding hydrogens is 560 g/mol. The molecule has 4 N–H and O–H groups in total. The van der Waals surface area contributed by atoms with Crippen molar-refractivity contribution in [3.05, 3.63) is 81.6 Å². The predicted octanol–water partition coefficient (Wildman–Crippen LogP) is 2.80. The van der Waals surface area contributed by atoms with Gasteiger partial charge >= 0.3 is 0 Å². The van der Waals surface area contributed by atoms with Gasteiger partial charge in [-0.05, 0) is 42.5 Å². The van der Waals surface area contributed by atoms with Crippen LogP contribution in [0.4, 0.5) is 0 Å². The smallest absolute Gasteiger partial charge is 0.274 e. The Bertz CT molecular complexity index is 1590. The highest BCUT2D eigenvalue weighted by molar-refractivity contribution is 9.10. The molecule has 1 aliphatic heterocycles. The molecule has 0 aliphatic carbocycles. The van der Waals surface area contributed by atoms with Crippen molar-refractivity contribution in [3.8, 4) is 23.6 Å². The zero-order valence-electron chi connectivity index (χ0n) is 16.0. The topological polar surface area (TPSA) is 136 Å². The highest BCUT2D eigenvalue weighted by Gasteiger charge is 2.33. The molecule has 0 amide bonds. The van der Waals surface area contributed by atoms with Crippen LogP contribution in [-0.4, -0.2) is 14.8 Å². The van der Waals surface area contributed by atoms with Crippen molar-refractivity contribution in [3.63, 3.8) is 0 Å². The Labute approximate surface area is 202 Å². The summed E-state index contributed by atoms with van der Waals surface area (Å²) in [6, 6.07) is 13.6. The number of nitrogens with zero attached hydrogens (tertiary/aromatic N) is 3. The Kier molecular flexibility index (Phi) is 5.70. The zero-order valence-corrected chi connectivity index (χ0v) is 20.0. The van der Waals surface area contributed by atoms with Gasteiger partial charge in [0.1, 0.15) is 22.0 Å². The summed E-state index contributed by atoms with van der Waals surface area (Å²) < 4.78 is 2.98. The number of thiazole rings is 1. The van der Waals surface area contributed by atoms with Crippen LogP contribution >= 0.6 is 43.2 Å². The first-order valence-electron chi connectivity index (χ1n) is 9.01. The second kappa shape index (κ2) is 8.32. The maximum Gasteiger partial charge on any atom is 0.274 e. The number of fused-ring (bicyclic) bond motifs is 1. The standard InChI is InChI=1S/C22H12Br2N4O3S/c23-11-1-3-16(29)10(5-11)6-18-21(31)28-20(27)14(8-25)19(15(9-26)22(28)32-18)13-7-12(24)2-4-17(13)30/h1-7,19,29-30H,27H2/b18-6-/t19-/m0/s1. The number of phenols is 2. The largest absolute Gasteiger partial charge is 0.508 e. The van der Waals surface area contributed by atoms with Crippen molar-refractivity contribution in [1.82, 2.24) is 4.57 Å². The average Bonchev–Trinajstić information content (AvgIpc) is 3.08. The molecule has 2 heterocycles. The van der Waals surface area contributed by atoms with Crippen molar-refractivity contribution in [2.24, 2.45) is 5.73 Å². The fourth-order valence-corrected chi connectivity index (χ4v) is 5.38. The lowest BCUT2D eigenvalue weighted by Gasteiger charge is -2.23. The van der Waals surface area contributed by atoms with Gasteiger partial charge < -0.3 is 15.9 Å². The lowest BCUT2D eigenvalue weighted by atomic mass is 9.84. The van der Waals surface area contributed by atoms with Crippen LogP contribution in [0.15, 0.2) is 55.7 Å². The van der Waals surface area contributed by atoms with E-state index < -0.39 is 11.5 Å². The molecule has 1 aromatic heterocycles. The number of allylic oxidation sites excluding steroid dienone is 1. The fraction of sp³-hybridized carbons (Fsp3) is 0.0455. The number of aromatic nitrogens is 1. The van der Waals surface area contributed by atoms with E-state index >= 15 is 0 Å². The molecule has 0 radical (unpaired) electrons. The Morgan fingerprint density at radius 1 is 1.03 bits per heavy atom. The molecule has 158 valence electrons. The van der Waals surface area contributed by atoms with Crippen LogP contribution in [-0.2, 0) is 0 Å². The van der Waals surface area contributed by atoms with Gasteiger partial charge in [-0.2, -0.15) is 10.5 Å². The summed E-state index contributed by atoms with van der Waals surface area (Å²) in [4.78, 5) is 13.2. The third-order valence-electron chi connectivity index (χ3n) is 4.97. The molecule has 0 fully saturated rings. The average molecular weight is 572 g/mol. The molecule has 10 heteroatoms. The van der Waals surface area contributed by atoms with E-state index in [1.54, 1.807) is 24.3 Å². The van der Waals surface area contributed by atoms with Gasteiger partial charge in [0.25, 0.3) is 5.56 Å². The SMILES string of the molecule is N#CC1=C(N)n2c(s/c(=C\c3cc(Br)ccc3O)c2=O)=C(C#N)[C@H]1c1cc(Br)ccc1O. The molecule has 2 aromatic carbocycles. The number of aromatic hydroxyl groups is 2. The number of benzene rings is 2. The molecule has 0 saturated carbocycles. The van der Waals surface area contributed by atoms with Crippen LogP contribution in [0.2, 0.25) is 0 Å². The summed E-state index contributed by atoms with van der Waals surface area (Å²) in [6.45, 7) is 0. The second-order valence-electron chi connectivity index (χ2n) is 6.83. The van der Waals surface area contributed by atoms with Gasteiger partial charge in [-0.3, -0.25) is 9.36 Å². The number of nitriles is 2. The summed E-state index contributed by atoms with van der Waals surface area (Å²) in [5.74, 6) is -1.17. The van der Waals surface area contributed by atoms with E-state index in [2.05, 4.69) is 37.9 Å². The highest BCUT2D eigenvalue weighted by atomic mass is 79.9. The first kappa shape index (κ1) is 21.9. The fourth-order valence-electron chi connectivity index (χ4n) is 3.50. The van der Waals surface area contributed by atoms with Crippen molar-refractivity contribution in [2.75, 3.05) is 0 Å². The molecule has 0 spiro atoms. The second-order valence-corrected chi connectivity index (χ2v) is 9.69. The minimum atomic E-state index is -0.937. The summed E-state index contributed by atoms with van der Waals surface area (Å²) in [6.07, 6.45) is 1.50. The normalized spacial score (nSPS) is 15.9. The molecule has 3 aromatic rings. The van der Waals surface area contributed by atoms with Gasteiger partial charge in [-0.1, -0.05) is 31.9 Å². The van der Waals surface area contributed by atoms with Gasteiger partial charge in [-0.25, -0.2) is 0 Å². The Hall–Kier alpha value is -3.31. The molecule has 0 saturated heterocycles. The van der Waals surface area contributed by atoms with Crippen LogP contribution in [0.25, 0.3) is 17.5 Å². The van der Waals surface area contributed by atoms with Crippen LogP contribution in [0.3, 0.4) is 0 Å². The lowest BCUT2D eigenvalue weighted by molar-refractivity contribution is 0.467. The Morgan fingerprint density at radius 3 is 2.31 bits per heavy atom. The number of nitrogens with two attached hydrogens (primary N) is 1. The van der Waals surface area contributed by atoms with E-state index in [9.17, 15) is 25.5 Å². The maximum atomic E-state index is 13.2. The van der Waals surface area contributed by atoms with Crippen LogP contribution in [0.5, 0.6) is 11.5 Å². The van der Waals surface area contributed by atoms with Gasteiger partial charge in [0.2, 0.25) is 0 Å². The molecular formula is C22H12Br2N4O3S. The summed E-state index contributed by atoms with van der Waals surface area (Å²) >= 11 is 7.69. The van der Waals surface area contributed by atoms with Gasteiger partial charge in [0.15, 0.2) is 0 Å². The number of hydrogen-bond acceptors (Lipinski definition) is 7. The van der Waals surface area contributed by atoms with Crippen molar-refractivity contribution < 1.29 is 10.2 Å². The summed E-state index contributed by atoms with van der Waals surface area (Å²) in [7, 11) is 0. The van der Waals surface area contributed by atoms with E-state index in [1.807, 2.05) is 6.07 Å². The molecule has 0 unspecified atom stereocenters. The number of halogens is 2. The van der Waals surface area contributed by atoms with Gasteiger partial charge in [-0.15, -0.1) is 11.3 Å². The first-order valence-corrected chi connectivity index (χ1v) is 11.4. The molecule has 7 nitrogen and oxygen atoms in total. The number of rotatable bonds is 2. The molecule has 4 rings (SSSR count). The van der Waals surface area contributed by atoms with E-state index in [1.165, 1.54) is 18.2 Å². The van der Waals surface area contributed by atoms with Crippen LogP contribution in [0, 0.1) is 22.7 Å². The first-order chi connectivity index (χ1) is 15.3. The minimum Gasteiger partial charge on any atom is -0.508 e. The molecule has 1 atom stereocenters. The minimum absolute atomic E-state index is 0.0146. The van der Waals surface area contributed by atoms with Crippen molar-refractivity contribution in [2.45, 2.75) is 5.92 Å². The van der Waals surface area contributed by atoms with Crippen LogP contribution < -0.4 is 20.5 Å². The van der Waals surface area contributed by atoms with Gasteiger partial charge in [0, 0.05) is 20.1 Å². The van der Waals surface area contributed by atoms with Crippen LogP contribution in [0.1, 0.15) is 17.0 Å². The lowest BCUT2D eigenvalue weighted by Crippen LogP contribution is -2.38. The predicted molar refractivity (Wildman–Crippen MR) is 128 cm³/mol. The highest BCUT2D eigenvalue weighted by Crippen LogP contribution is 2.40. The molecule has 32 heavy (non-hydrogen) atoms. The van der Waals surface area contributed by atoms with E-state index in [-0.39, 0.29) is 37.7 Å². The summed E-state index contributed by atoms with van der Waals surface area (Å²) in [5, 5.41) is 40.4. The third-order valence-corrected chi connectivity index (χ3v) is 7.06. The Balaban J connectivity index is 2.10. The Morgan fingerprint density at radius 2 is 1.66 bits per heavy atom. The summed E-state index contributed by atoms with van der Waals surface area (Å²) in [5.41, 5.74) is 6.54. The monoisotopic (exact) mass is 570 g/mol. The van der Waals surface area contributed by atoms with Crippen molar-refractivity contribution in [1.29, 1.82) is 10.5 Å². The van der Waals surface area contributed by atoms with Gasteiger partial charge in [0.05, 0.1) is 33.7 Å². The zero-order chi connectivity index (χ0) is 23.2. The third kappa shape index (κ3) is 3.53. The van der Waals surface area contributed by atoms with E-state index in [0.717, 1.165) is 15.9 Å². The van der Waals surface area contributed by atoms with E-state index in [4.69, 9.17) is 5.73 Å². The molecule has 1 aliphatic rings. The van der Waals surface area contributed by atoms with E-state index in [0.29, 0.717) is 20.1 Å².